The number of nitrogens with two attached hydrogens (primary N) is 1. The number of urea groups is 1. The van der Waals surface area contributed by atoms with E-state index in [1.54, 1.807) is 28.8 Å². The number of nitrogens with one attached hydrogen (secondary N) is 1. The first-order chi connectivity index (χ1) is 16.1. The van der Waals surface area contributed by atoms with E-state index in [-0.39, 0.29) is 23.4 Å². The number of carbonyl (C=O) groups excluding carboxylic acids is 1. The van der Waals surface area contributed by atoms with Gasteiger partial charge in [-0.15, -0.1) is 0 Å². The summed E-state index contributed by atoms with van der Waals surface area (Å²) in [7, 11) is -2.25. The van der Waals surface area contributed by atoms with Crippen LogP contribution in [-0.2, 0) is 16.6 Å². The van der Waals surface area contributed by atoms with Gasteiger partial charge in [0.25, 0.3) is 0 Å². The Morgan fingerprint density at radius 3 is 2.35 bits per heavy atom. The second kappa shape index (κ2) is 9.09. The number of primary sulfonamides is 1. The molecular weight excluding hydrogens is 456 g/mol. The van der Waals surface area contributed by atoms with Crippen LogP contribution in [0.4, 0.5) is 22.1 Å². The number of sulfonamides is 1. The molecule has 2 amide bonds. The van der Waals surface area contributed by atoms with Crippen molar-refractivity contribution in [1.82, 2.24) is 14.7 Å². The smallest absolute Gasteiger partial charge is 0.327 e. The normalized spacial score (nSPS) is 16.2. The zero-order valence-corrected chi connectivity index (χ0v) is 20.0. The third kappa shape index (κ3) is 4.63. The number of nitrogens with zero attached hydrogens (tertiary/aromatic N) is 4. The highest BCUT2D eigenvalue weighted by Crippen LogP contribution is 2.40. The minimum absolute atomic E-state index is 0.0180. The van der Waals surface area contributed by atoms with Crippen molar-refractivity contribution < 1.29 is 18.3 Å². The standard InChI is InChI=1S/C23H28N6O4S/c1-15(2)13-28-21-19(22(30)27(3)23(28)31)20(25-17-7-5-4-6-8-17)29(26-21)14-16-9-11-18(12-10-16)34(24,32)33/h4-12,15,22,25,30H,13-14H2,1-3H3,(H2,24,32,33). The van der Waals surface area contributed by atoms with Gasteiger partial charge in [-0.2, -0.15) is 5.10 Å². The zero-order valence-electron chi connectivity index (χ0n) is 19.2. The third-order valence-electron chi connectivity index (χ3n) is 5.55. The van der Waals surface area contributed by atoms with E-state index in [2.05, 4.69) is 5.32 Å². The Morgan fingerprint density at radius 2 is 1.76 bits per heavy atom. The number of hydrogen-bond acceptors (Lipinski definition) is 6. The number of aliphatic hydroxyl groups is 1. The molecule has 4 N–H and O–H groups in total. The van der Waals surface area contributed by atoms with Gasteiger partial charge >= 0.3 is 6.03 Å². The Labute approximate surface area is 198 Å². The Bertz CT molecular complexity index is 1290. The molecule has 0 saturated carbocycles. The third-order valence-corrected chi connectivity index (χ3v) is 6.48. The van der Waals surface area contributed by atoms with Gasteiger partial charge in [0.2, 0.25) is 10.0 Å². The number of anilines is 3. The Hall–Kier alpha value is -3.41. The molecule has 1 unspecified atom stereocenters. The Kier molecular flexibility index (Phi) is 6.34. The molecule has 10 nitrogen and oxygen atoms in total. The number of rotatable bonds is 7. The van der Waals surface area contributed by atoms with Crippen molar-refractivity contribution in [1.29, 1.82) is 0 Å². The van der Waals surface area contributed by atoms with Crippen LogP contribution in [0.2, 0.25) is 0 Å². The van der Waals surface area contributed by atoms with Crippen LogP contribution in [0.1, 0.15) is 31.2 Å². The van der Waals surface area contributed by atoms with Crippen LogP contribution < -0.4 is 15.4 Å². The largest absolute Gasteiger partial charge is 0.369 e. The predicted molar refractivity (Wildman–Crippen MR) is 129 cm³/mol. The summed E-state index contributed by atoms with van der Waals surface area (Å²) < 4.78 is 24.9. The summed E-state index contributed by atoms with van der Waals surface area (Å²) in [4.78, 5) is 15.8. The maximum absolute atomic E-state index is 13.0. The monoisotopic (exact) mass is 484 g/mol. The van der Waals surface area contributed by atoms with E-state index in [0.29, 0.717) is 23.7 Å². The van der Waals surface area contributed by atoms with E-state index in [0.717, 1.165) is 11.3 Å². The molecule has 1 aliphatic rings. The number of amides is 2. The molecule has 34 heavy (non-hydrogen) atoms. The number of fused-ring (bicyclic) bond motifs is 1. The molecule has 0 saturated heterocycles. The van der Waals surface area contributed by atoms with Crippen molar-refractivity contribution in [3.63, 3.8) is 0 Å². The van der Waals surface area contributed by atoms with E-state index >= 15 is 0 Å². The number of aliphatic hydroxyl groups excluding tert-OH is 1. The van der Waals surface area contributed by atoms with Gasteiger partial charge in [-0.1, -0.05) is 44.2 Å². The van der Waals surface area contributed by atoms with E-state index in [9.17, 15) is 18.3 Å². The van der Waals surface area contributed by atoms with Gasteiger partial charge in [-0.25, -0.2) is 23.0 Å². The van der Waals surface area contributed by atoms with Gasteiger partial charge in [-0.05, 0) is 35.7 Å². The quantitative estimate of drug-likeness (QED) is 0.472. The fraction of sp³-hybridized carbons (Fsp3) is 0.304. The average Bonchev–Trinajstić information content (AvgIpc) is 3.13. The summed E-state index contributed by atoms with van der Waals surface area (Å²) in [5.41, 5.74) is 2.05. The molecule has 0 fully saturated rings. The average molecular weight is 485 g/mol. The second-order valence-corrected chi connectivity index (χ2v) is 10.3. The minimum atomic E-state index is -3.80. The first-order valence-electron chi connectivity index (χ1n) is 10.8. The molecular formula is C23H28N6O4S. The van der Waals surface area contributed by atoms with Crippen LogP contribution in [0.3, 0.4) is 0 Å². The number of benzene rings is 2. The first kappa shape index (κ1) is 23.7. The molecule has 1 aliphatic heterocycles. The van der Waals surface area contributed by atoms with E-state index in [4.69, 9.17) is 10.2 Å². The maximum Gasteiger partial charge on any atom is 0.327 e. The van der Waals surface area contributed by atoms with Gasteiger partial charge < -0.3 is 10.4 Å². The maximum atomic E-state index is 13.0. The number of aromatic nitrogens is 2. The Morgan fingerprint density at radius 1 is 1.12 bits per heavy atom. The van der Waals surface area contributed by atoms with E-state index in [1.807, 2.05) is 44.2 Å². The van der Waals surface area contributed by atoms with Gasteiger partial charge in [0.05, 0.1) is 17.0 Å². The lowest BCUT2D eigenvalue weighted by atomic mass is 10.1. The van der Waals surface area contributed by atoms with Crippen LogP contribution in [0, 0.1) is 5.92 Å². The lowest BCUT2D eigenvalue weighted by Gasteiger charge is -2.36. The van der Waals surface area contributed by atoms with Crippen LogP contribution in [0.15, 0.2) is 59.5 Å². The van der Waals surface area contributed by atoms with Crippen LogP contribution in [0.25, 0.3) is 0 Å². The lowest BCUT2D eigenvalue weighted by Crippen LogP contribution is -2.48. The van der Waals surface area contributed by atoms with E-state index in [1.165, 1.54) is 17.0 Å². The fourth-order valence-electron chi connectivity index (χ4n) is 3.87. The summed E-state index contributed by atoms with van der Waals surface area (Å²) >= 11 is 0. The molecule has 11 heteroatoms. The molecule has 2 heterocycles. The molecule has 0 aliphatic carbocycles. The lowest BCUT2D eigenvalue weighted by molar-refractivity contribution is 0.0439. The number of carbonyl (C=O) groups is 1. The van der Waals surface area contributed by atoms with Crippen molar-refractivity contribution >= 4 is 33.4 Å². The zero-order chi connectivity index (χ0) is 24.6. The number of para-hydroxylation sites is 1. The minimum Gasteiger partial charge on any atom is -0.369 e. The van der Waals surface area contributed by atoms with Crippen LogP contribution in [0.5, 0.6) is 0 Å². The van der Waals surface area contributed by atoms with Gasteiger partial charge in [0, 0.05) is 19.3 Å². The summed E-state index contributed by atoms with van der Waals surface area (Å²) in [5, 5.41) is 24.3. The summed E-state index contributed by atoms with van der Waals surface area (Å²) in [5.74, 6) is 1.11. The molecule has 1 aromatic heterocycles. The highest BCUT2D eigenvalue weighted by Gasteiger charge is 2.40. The highest BCUT2D eigenvalue weighted by molar-refractivity contribution is 7.89. The van der Waals surface area contributed by atoms with Gasteiger partial charge in [-0.3, -0.25) is 9.80 Å². The summed E-state index contributed by atoms with van der Waals surface area (Å²) in [6.07, 6.45) is -1.18. The topological polar surface area (TPSA) is 134 Å². The van der Waals surface area contributed by atoms with Crippen molar-refractivity contribution in [2.75, 3.05) is 23.8 Å². The summed E-state index contributed by atoms with van der Waals surface area (Å²) in [6.45, 7) is 4.72. The molecule has 0 bridgehead atoms. The molecule has 0 radical (unpaired) electrons. The van der Waals surface area contributed by atoms with Crippen molar-refractivity contribution in [3.8, 4) is 0 Å². The molecule has 4 rings (SSSR count). The van der Waals surface area contributed by atoms with E-state index < -0.39 is 16.3 Å². The molecule has 1 atom stereocenters. The van der Waals surface area contributed by atoms with Crippen molar-refractivity contribution in [3.05, 3.63) is 65.7 Å². The highest BCUT2D eigenvalue weighted by atomic mass is 32.2. The second-order valence-electron chi connectivity index (χ2n) is 8.70. The molecule has 180 valence electrons. The van der Waals surface area contributed by atoms with Crippen LogP contribution >= 0.6 is 0 Å². The molecule has 3 aromatic rings. The fourth-order valence-corrected chi connectivity index (χ4v) is 4.39. The van der Waals surface area contributed by atoms with Crippen LogP contribution in [-0.4, -0.2) is 47.8 Å². The van der Waals surface area contributed by atoms with Crippen molar-refractivity contribution in [2.24, 2.45) is 11.1 Å². The van der Waals surface area contributed by atoms with Crippen molar-refractivity contribution in [2.45, 2.75) is 31.5 Å². The summed E-state index contributed by atoms with van der Waals surface area (Å²) in [6, 6.07) is 15.3. The SMILES string of the molecule is CC(C)CN1C(=O)N(C)C(O)c2c1nn(Cc1ccc(S(N)(=O)=O)cc1)c2Nc1ccccc1. The predicted octanol–water partition coefficient (Wildman–Crippen LogP) is 2.84. The van der Waals surface area contributed by atoms with Gasteiger partial charge in [0.15, 0.2) is 12.0 Å². The first-order valence-corrected chi connectivity index (χ1v) is 12.4. The Balaban J connectivity index is 1.81. The molecule has 2 aromatic carbocycles. The van der Waals surface area contributed by atoms with Gasteiger partial charge in [0.1, 0.15) is 5.82 Å². The molecule has 0 spiro atoms. The number of hydrogen-bond donors (Lipinski definition) is 3.